The summed E-state index contributed by atoms with van der Waals surface area (Å²) in [6.45, 7) is 3.77. The Morgan fingerprint density at radius 1 is 0.932 bits per heavy atom. The highest BCUT2D eigenvalue weighted by Gasteiger charge is 2.46. The van der Waals surface area contributed by atoms with Crippen molar-refractivity contribution in [3.63, 3.8) is 0 Å². The number of carbonyl (C=O) groups excluding carboxylic acids is 1. The molecule has 1 aliphatic rings. The van der Waals surface area contributed by atoms with Gasteiger partial charge in [-0.15, -0.1) is 0 Å². The van der Waals surface area contributed by atoms with E-state index < -0.39 is 30.0 Å². The van der Waals surface area contributed by atoms with E-state index in [4.69, 9.17) is 14.2 Å². The summed E-state index contributed by atoms with van der Waals surface area (Å²) in [4.78, 5) is 29.3. The number of aromatic nitrogens is 2. The molecular weight excluding hydrogens is 556 g/mol. The summed E-state index contributed by atoms with van der Waals surface area (Å²) in [5.41, 5.74) is 2.26. The number of hydrogen-bond donors (Lipinski definition) is 1. The molecule has 6 aromatic rings. The number of aliphatic hydroxyl groups excluding tert-OH is 1. The average Bonchev–Trinajstić information content (AvgIpc) is 3.37. The van der Waals surface area contributed by atoms with Crippen LogP contribution in [0.15, 0.2) is 89.9 Å². The molecule has 1 fully saturated rings. The summed E-state index contributed by atoms with van der Waals surface area (Å²) in [6.07, 6.45) is 0.187. The predicted molar refractivity (Wildman–Crippen MR) is 168 cm³/mol. The van der Waals surface area contributed by atoms with Crippen LogP contribution in [0, 0.1) is 19.8 Å². The van der Waals surface area contributed by atoms with Crippen molar-refractivity contribution in [2.24, 2.45) is 5.92 Å². The summed E-state index contributed by atoms with van der Waals surface area (Å²) in [5.74, 6) is 0.348. The molecule has 2 heterocycles. The Hall–Kier alpha value is -4.63. The van der Waals surface area contributed by atoms with Crippen LogP contribution in [-0.4, -0.2) is 39.8 Å². The van der Waals surface area contributed by atoms with Crippen LogP contribution >= 0.6 is 0 Å². The number of aryl methyl sites for hydroxylation is 2. The van der Waals surface area contributed by atoms with E-state index in [1.54, 1.807) is 12.3 Å². The number of aldehydes is 1. The SMILES string of the molecule is Cc1cccc(C)c1Oc1ccn([C@@H]2O[C@H](CO)[C@@H](CC=O)[C@H]2OCc2cc3cccc4ccc5cccc2c5c43)c(=O)n1. The van der Waals surface area contributed by atoms with Gasteiger partial charge in [0, 0.05) is 24.6 Å². The van der Waals surface area contributed by atoms with Crippen molar-refractivity contribution in [2.45, 2.75) is 45.3 Å². The van der Waals surface area contributed by atoms with E-state index >= 15 is 0 Å². The van der Waals surface area contributed by atoms with Crippen LogP contribution in [0.5, 0.6) is 11.6 Å². The number of hydrogen-bond acceptors (Lipinski definition) is 7. The Balaban J connectivity index is 1.23. The third kappa shape index (κ3) is 4.81. The Morgan fingerprint density at radius 2 is 1.64 bits per heavy atom. The molecule has 0 saturated carbocycles. The Kier molecular flexibility index (Phi) is 7.34. The van der Waals surface area contributed by atoms with Crippen molar-refractivity contribution >= 4 is 38.6 Å². The maximum Gasteiger partial charge on any atom is 0.353 e. The van der Waals surface area contributed by atoms with Crippen molar-refractivity contribution in [1.82, 2.24) is 9.55 Å². The number of para-hydroxylation sites is 1. The predicted octanol–water partition coefficient (Wildman–Crippen LogP) is 6.23. The van der Waals surface area contributed by atoms with Gasteiger partial charge in [0.05, 0.1) is 19.3 Å². The molecule has 0 spiro atoms. The maximum absolute atomic E-state index is 13.4. The van der Waals surface area contributed by atoms with Crippen molar-refractivity contribution in [1.29, 1.82) is 0 Å². The number of aliphatic hydroxyl groups is 1. The summed E-state index contributed by atoms with van der Waals surface area (Å²) in [7, 11) is 0. The van der Waals surface area contributed by atoms with Gasteiger partial charge in [0.25, 0.3) is 0 Å². The second-order valence-corrected chi connectivity index (χ2v) is 11.5. The van der Waals surface area contributed by atoms with E-state index in [2.05, 4.69) is 47.4 Å². The van der Waals surface area contributed by atoms with Crippen LogP contribution in [0.4, 0.5) is 0 Å². The minimum atomic E-state index is -0.901. The Morgan fingerprint density at radius 3 is 2.36 bits per heavy atom. The lowest BCUT2D eigenvalue weighted by atomic mass is 9.91. The number of rotatable bonds is 9. The summed E-state index contributed by atoms with van der Waals surface area (Å²) in [5, 5.41) is 17.1. The number of benzene rings is 5. The van der Waals surface area contributed by atoms with Crippen LogP contribution < -0.4 is 10.4 Å². The first-order valence-corrected chi connectivity index (χ1v) is 14.8. The second-order valence-electron chi connectivity index (χ2n) is 11.5. The van der Waals surface area contributed by atoms with Gasteiger partial charge < -0.3 is 24.1 Å². The highest BCUT2D eigenvalue weighted by atomic mass is 16.6. The van der Waals surface area contributed by atoms with E-state index in [-0.39, 0.29) is 25.5 Å². The second kappa shape index (κ2) is 11.5. The fourth-order valence-electron chi connectivity index (χ4n) is 6.64. The molecule has 0 amide bonds. The van der Waals surface area contributed by atoms with E-state index in [1.807, 2.05) is 44.2 Å². The van der Waals surface area contributed by atoms with E-state index in [9.17, 15) is 14.7 Å². The molecule has 7 rings (SSSR count). The molecular formula is C36H32N2O6. The molecule has 8 nitrogen and oxygen atoms in total. The highest BCUT2D eigenvalue weighted by molar-refractivity contribution is 6.23. The van der Waals surface area contributed by atoms with Crippen molar-refractivity contribution in [2.75, 3.05) is 6.61 Å². The normalized spacial score (nSPS) is 20.2. The molecule has 5 aromatic carbocycles. The van der Waals surface area contributed by atoms with Crippen LogP contribution in [0.2, 0.25) is 0 Å². The van der Waals surface area contributed by atoms with E-state index in [0.29, 0.717) is 5.75 Å². The smallest absolute Gasteiger partial charge is 0.353 e. The Labute approximate surface area is 253 Å². The molecule has 4 atom stereocenters. The van der Waals surface area contributed by atoms with Gasteiger partial charge in [0.2, 0.25) is 5.88 Å². The molecule has 8 heteroatoms. The number of ether oxygens (including phenoxy) is 3. The number of nitrogens with zero attached hydrogens (tertiary/aromatic N) is 2. The first-order valence-electron chi connectivity index (χ1n) is 14.8. The summed E-state index contributed by atoms with van der Waals surface area (Å²) >= 11 is 0. The van der Waals surface area contributed by atoms with Crippen LogP contribution in [0.25, 0.3) is 32.3 Å². The van der Waals surface area contributed by atoms with Crippen molar-refractivity contribution < 1.29 is 24.1 Å². The zero-order valence-corrected chi connectivity index (χ0v) is 24.5. The number of carbonyl (C=O) groups is 1. The average molecular weight is 589 g/mol. The third-order valence-corrected chi connectivity index (χ3v) is 8.76. The van der Waals surface area contributed by atoms with Crippen LogP contribution in [-0.2, 0) is 20.9 Å². The van der Waals surface area contributed by atoms with Gasteiger partial charge in [-0.2, -0.15) is 4.98 Å². The van der Waals surface area contributed by atoms with Gasteiger partial charge in [0.1, 0.15) is 18.1 Å². The van der Waals surface area contributed by atoms with Gasteiger partial charge in [-0.3, -0.25) is 4.57 Å². The topological polar surface area (TPSA) is 99.9 Å². The molecule has 0 aliphatic carbocycles. The molecule has 0 bridgehead atoms. The molecule has 222 valence electrons. The highest BCUT2D eigenvalue weighted by Crippen LogP contribution is 2.40. The lowest BCUT2D eigenvalue weighted by Gasteiger charge is -2.25. The minimum Gasteiger partial charge on any atom is -0.438 e. The van der Waals surface area contributed by atoms with Crippen molar-refractivity contribution in [3.8, 4) is 11.6 Å². The summed E-state index contributed by atoms with van der Waals surface area (Å²) < 4.78 is 20.1. The summed E-state index contributed by atoms with van der Waals surface area (Å²) in [6, 6.07) is 26.3. The van der Waals surface area contributed by atoms with Crippen LogP contribution in [0.3, 0.4) is 0 Å². The standard InChI is InChI=1S/C36H32N2O6/c1-21-6-3-7-22(2)33(21)44-30-14-16-38(36(41)37-30)35-34(28(15-17-39)29(19-40)43-35)42-20-26-18-25-10-4-8-23-12-13-24-9-5-11-27(26)32(24)31(23)25/h3-14,16-18,28-29,34-35,40H,15,19-20H2,1-2H3/t28-,29-,34-,35-/m1/s1. The maximum atomic E-state index is 13.4. The van der Waals surface area contributed by atoms with E-state index in [1.165, 1.54) is 20.7 Å². The van der Waals surface area contributed by atoms with Gasteiger partial charge in [0.15, 0.2) is 6.23 Å². The largest absolute Gasteiger partial charge is 0.438 e. The Bertz CT molecular complexity index is 2030. The quantitative estimate of drug-likeness (QED) is 0.158. The fraction of sp³-hybridized carbons (Fsp3) is 0.250. The van der Waals surface area contributed by atoms with Gasteiger partial charge in [-0.25, -0.2) is 4.79 Å². The van der Waals surface area contributed by atoms with Gasteiger partial charge in [-0.05, 0) is 68.9 Å². The zero-order chi connectivity index (χ0) is 30.4. The molecule has 0 unspecified atom stereocenters. The lowest BCUT2D eigenvalue weighted by molar-refractivity contribution is -0.110. The molecule has 1 aromatic heterocycles. The molecule has 1 aliphatic heterocycles. The molecule has 0 radical (unpaired) electrons. The minimum absolute atomic E-state index is 0.110. The first kappa shape index (κ1) is 28.2. The molecule has 44 heavy (non-hydrogen) atoms. The molecule has 1 N–H and O–H groups in total. The first-order chi connectivity index (χ1) is 21.5. The fourth-order valence-corrected chi connectivity index (χ4v) is 6.64. The third-order valence-electron chi connectivity index (χ3n) is 8.76. The van der Waals surface area contributed by atoms with Gasteiger partial charge in [-0.1, -0.05) is 66.7 Å². The molecule has 1 saturated heterocycles. The van der Waals surface area contributed by atoms with E-state index in [0.717, 1.165) is 39.1 Å². The monoisotopic (exact) mass is 588 g/mol. The van der Waals surface area contributed by atoms with Crippen molar-refractivity contribution in [3.05, 3.63) is 112 Å². The van der Waals surface area contributed by atoms with Crippen LogP contribution in [0.1, 0.15) is 29.3 Å². The lowest BCUT2D eigenvalue weighted by Crippen LogP contribution is -2.35. The zero-order valence-electron chi connectivity index (χ0n) is 24.5. The van der Waals surface area contributed by atoms with Gasteiger partial charge >= 0.3 is 5.69 Å².